The van der Waals surface area contributed by atoms with Crippen LogP contribution in [-0.4, -0.2) is 15.7 Å². The lowest BCUT2D eigenvalue weighted by molar-refractivity contribution is 0.102. The maximum Gasteiger partial charge on any atom is 0.259 e. The van der Waals surface area contributed by atoms with E-state index in [1.807, 2.05) is 19.9 Å². The van der Waals surface area contributed by atoms with Crippen LogP contribution in [0.3, 0.4) is 0 Å². The van der Waals surface area contributed by atoms with Crippen molar-refractivity contribution in [1.29, 1.82) is 0 Å². The minimum atomic E-state index is -0.203. The molecule has 4 nitrogen and oxygen atoms in total. The molecule has 0 spiro atoms. The van der Waals surface area contributed by atoms with Crippen molar-refractivity contribution < 1.29 is 4.79 Å². The van der Waals surface area contributed by atoms with Gasteiger partial charge < -0.3 is 5.32 Å². The molecule has 0 fully saturated rings. The van der Waals surface area contributed by atoms with Crippen molar-refractivity contribution >= 4 is 39.1 Å². The van der Waals surface area contributed by atoms with Gasteiger partial charge in [-0.3, -0.25) is 9.48 Å². The first kappa shape index (κ1) is 14.1. The number of carbonyl (C=O) groups is 1. The third-order valence-corrected chi connectivity index (χ3v) is 4.04. The van der Waals surface area contributed by atoms with Gasteiger partial charge >= 0.3 is 0 Å². The average molecular weight is 343 g/mol. The lowest BCUT2D eigenvalue weighted by Gasteiger charge is -2.09. The second-order valence-corrected chi connectivity index (χ2v) is 5.56. The van der Waals surface area contributed by atoms with Crippen LogP contribution in [0.25, 0.3) is 0 Å². The summed E-state index contributed by atoms with van der Waals surface area (Å²) in [6.07, 6.45) is 1.55. The van der Waals surface area contributed by atoms with E-state index in [0.717, 1.165) is 15.7 Å². The SMILES string of the molecule is Cc1cc(Br)c(NC(=O)c2cnn(C)c2C)cc1Cl. The van der Waals surface area contributed by atoms with Crippen LogP contribution in [-0.2, 0) is 7.05 Å². The maximum atomic E-state index is 12.2. The van der Waals surface area contributed by atoms with E-state index in [1.54, 1.807) is 24.0 Å². The number of anilines is 1. The number of nitrogens with one attached hydrogen (secondary N) is 1. The number of aryl methyl sites for hydroxylation is 2. The molecule has 0 saturated heterocycles. The van der Waals surface area contributed by atoms with Crippen molar-refractivity contribution in [2.75, 3.05) is 5.32 Å². The molecule has 0 aliphatic heterocycles. The van der Waals surface area contributed by atoms with Crippen molar-refractivity contribution in [1.82, 2.24) is 9.78 Å². The van der Waals surface area contributed by atoms with Crippen LogP contribution >= 0.6 is 27.5 Å². The largest absolute Gasteiger partial charge is 0.321 e. The molecule has 1 N–H and O–H groups in total. The molecule has 1 aromatic heterocycles. The van der Waals surface area contributed by atoms with Gasteiger partial charge in [0.25, 0.3) is 5.91 Å². The Morgan fingerprint density at radius 1 is 1.42 bits per heavy atom. The first-order valence-electron chi connectivity index (χ1n) is 5.65. The van der Waals surface area contributed by atoms with Gasteiger partial charge in [-0.05, 0) is 47.5 Å². The molecule has 2 aromatic rings. The van der Waals surface area contributed by atoms with Crippen LogP contribution in [0.5, 0.6) is 0 Å². The van der Waals surface area contributed by atoms with Crippen LogP contribution < -0.4 is 5.32 Å². The van der Waals surface area contributed by atoms with E-state index in [1.165, 1.54) is 0 Å². The zero-order valence-corrected chi connectivity index (χ0v) is 13.1. The number of hydrogen-bond donors (Lipinski definition) is 1. The quantitative estimate of drug-likeness (QED) is 0.904. The molecule has 1 amide bonds. The molecular formula is C13H13BrClN3O. The zero-order valence-electron chi connectivity index (χ0n) is 10.8. The summed E-state index contributed by atoms with van der Waals surface area (Å²) < 4.78 is 2.45. The number of hydrogen-bond acceptors (Lipinski definition) is 2. The van der Waals surface area contributed by atoms with E-state index in [9.17, 15) is 4.79 Å². The maximum absolute atomic E-state index is 12.2. The number of nitrogens with zero attached hydrogens (tertiary/aromatic N) is 2. The third kappa shape index (κ3) is 2.82. The first-order chi connectivity index (χ1) is 8.90. The van der Waals surface area contributed by atoms with Gasteiger partial charge in [0.05, 0.1) is 17.4 Å². The summed E-state index contributed by atoms with van der Waals surface area (Å²) in [5, 5.41) is 7.49. The highest BCUT2D eigenvalue weighted by Gasteiger charge is 2.14. The Hall–Kier alpha value is -1.33. The topological polar surface area (TPSA) is 46.9 Å². The van der Waals surface area contributed by atoms with Gasteiger partial charge in [0, 0.05) is 22.2 Å². The van der Waals surface area contributed by atoms with Crippen molar-refractivity contribution in [2.45, 2.75) is 13.8 Å². The molecule has 0 bridgehead atoms. The van der Waals surface area contributed by atoms with Gasteiger partial charge in [-0.25, -0.2) is 0 Å². The summed E-state index contributed by atoms with van der Waals surface area (Å²) in [7, 11) is 1.80. The van der Waals surface area contributed by atoms with Gasteiger partial charge in [0.15, 0.2) is 0 Å². The molecule has 0 radical (unpaired) electrons. The molecule has 0 unspecified atom stereocenters. The average Bonchev–Trinajstić information content (AvgIpc) is 2.67. The Labute approximate surface area is 124 Å². The fraction of sp³-hybridized carbons (Fsp3) is 0.231. The van der Waals surface area contributed by atoms with Crippen molar-refractivity contribution in [3.63, 3.8) is 0 Å². The lowest BCUT2D eigenvalue weighted by atomic mass is 10.2. The van der Waals surface area contributed by atoms with Crippen LogP contribution in [0.2, 0.25) is 5.02 Å². The fourth-order valence-corrected chi connectivity index (χ4v) is 2.37. The number of aromatic nitrogens is 2. The van der Waals surface area contributed by atoms with Crippen molar-refractivity contribution in [2.24, 2.45) is 7.05 Å². The summed E-state index contributed by atoms with van der Waals surface area (Å²) in [5.74, 6) is -0.203. The second kappa shape index (κ2) is 5.35. The van der Waals surface area contributed by atoms with Crippen LogP contribution in [0.4, 0.5) is 5.69 Å². The lowest BCUT2D eigenvalue weighted by Crippen LogP contribution is -2.13. The molecule has 6 heteroatoms. The number of halogens is 2. The van der Waals surface area contributed by atoms with Crippen molar-refractivity contribution in [3.05, 3.63) is 44.6 Å². The number of amides is 1. The van der Waals surface area contributed by atoms with Gasteiger partial charge in [-0.2, -0.15) is 5.10 Å². The van der Waals surface area contributed by atoms with Crippen LogP contribution in [0.15, 0.2) is 22.8 Å². The minimum absolute atomic E-state index is 0.203. The van der Waals surface area contributed by atoms with Crippen LogP contribution in [0, 0.1) is 13.8 Å². The highest BCUT2D eigenvalue weighted by molar-refractivity contribution is 9.10. The predicted molar refractivity (Wildman–Crippen MR) is 79.8 cm³/mol. The molecule has 0 aliphatic rings. The Bertz CT molecular complexity index is 652. The van der Waals surface area contributed by atoms with Crippen LogP contribution in [0.1, 0.15) is 21.6 Å². The highest BCUT2D eigenvalue weighted by Crippen LogP contribution is 2.29. The Balaban J connectivity index is 2.29. The fourth-order valence-electron chi connectivity index (χ4n) is 1.65. The molecule has 19 heavy (non-hydrogen) atoms. The molecule has 0 atom stereocenters. The Kier molecular flexibility index (Phi) is 3.96. The number of benzene rings is 1. The van der Waals surface area contributed by atoms with Crippen molar-refractivity contribution in [3.8, 4) is 0 Å². The Morgan fingerprint density at radius 2 is 2.11 bits per heavy atom. The molecule has 100 valence electrons. The van der Waals surface area contributed by atoms with E-state index in [0.29, 0.717) is 16.3 Å². The van der Waals surface area contributed by atoms with Gasteiger partial charge in [0.1, 0.15) is 0 Å². The number of carbonyl (C=O) groups excluding carboxylic acids is 1. The predicted octanol–water partition coefficient (Wildman–Crippen LogP) is 3.71. The molecule has 1 heterocycles. The summed E-state index contributed by atoms with van der Waals surface area (Å²) in [6.45, 7) is 3.75. The summed E-state index contributed by atoms with van der Waals surface area (Å²) in [4.78, 5) is 12.2. The zero-order chi connectivity index (χ0) is 14.2. The summed E-state index contributed by atoms with van der Waals surface area (Å²) in [5.41, 5.74) is 2.95. The van der Waals surface area contributed by atoms with Gasteiger partial charge in [-0.15, -0.1) is 0 Å². The van der Waals surface area contributed by atoms with E-state index in [2.05, 4.69) is 26.3 Å². The highest BCUT2D eigenvalue weighted by atomic mass is 79.9. The van der Waals surface area contributed by atoms with E-state index < -0.39 is 0 Å². The molecule has 2 rings (SSSR count). The Morgan fingerprint density at radius 3 is 2.68 bits per heavy atom. The second-order valence-electron chi connectivity index (χ2n) is 4.30. The van der Waals surface area contributed by atoms with Gasteiger partial charge in [0.2, 0.25) is 0 Å². The minimum Gasteiger partial charge on any atom is -0.321 e. The third-order valence-electron chi connectivity index (χ3n) is 2.98. The summed E-state index contributed by atoms with van der Waals surface area (Å²) in [6, 6.07) is 3.60. The molecular weight excluding hydrogens is 330 g/mol. The molecule has 0 saturated carbocycles. The first-order valence-corrected chi connectivity index (χ1v) is 6.83. The molecule has 0 aliphatic carbocycles. The normalized spacial score (nSPS) is 10.6. The van der Waals surface area contributed by atoms with E-state index in [-0.39, 0.29) is 5.91 Å². The summed E-state index contributed by atoms with van der Waals surface area (Å²) >= 11 is 9.47. The van der Waals surface area contributed by atoms with E-state index >= 15 is 0 Å². The standard InChI is InChI=1S/C13H13BrClN3O/c1-7-4-10(14)12(5-11(7)15)17-13(19)9-6-16-18(3)8(9)2/h4-6H,1-3H3,(H,17,19). The van der Waals surface area contributed by atoms with Gasteiger partial charge in [-0.1, -0.05) is 11.6 Å². The molecule has 1 aromatic carbocycles. The number of rotatable bonds is 2. The van der Waals surface area contributed by atoms with E-state index in [4.69, 9.17) is 11.6 Å². The smallest absolute Gasteiger partial charge is 0.259 e. The monoisotopic (exact) mass is 341 g/mol.